The molecule has 1 amide bonds. The molecule has 0 aliphatic rings. The van der Waals surface area contributed by atoms with Gasteiger partial charge in [0.15, 0.2) is 5.76 Å². The lowest BCUT2D eigenvalue weighted by Crippen LogP contribution is -2.14. The van der Waals surface area contributed by atoms with E-state index in [1.807, 2.05) is 36.6 Å². The molecule has 2 N–H and O–H groups in total. The van der Waals surface area contributed by atoms with Gasteiger partial charge in [-0.05, 0) is 48.7 Å². The number of sulfonamides is 1. The number of fused-ring (bicyclic) bond motifs is 1. The zero-order valence-electron chi connectivity index (χ0n) is 16.7. The largest absolute Gasteiger partial charge is 0.451 e. The maximum absolute atomic E-state index is 12.9. The van der Waals surface area contributed by atoms with Crippen molar-refractivity contribution in [1.82, 2.24) is 0 Å². The second-order valence-corrected chi connectivity index (χ2v) is 9.34. The van der Waals surface area contributed by atoms with Crippen molar-refractivity contribution in [3.63, 3.8) is 0 Å². The molecule has 0 aliphatic carbocycles. The van der Waals surface area contributed by atoms with Crippen molar-refractivity contribution >= 4 is 50.0 Å². The molecule has 4 aromatic rings. The Morgan fingerprint density at radius 1 is 0.903 bits per heavy atom. The van der Waals surface area contributed by atoms with Gasteiger partial charge >= 0.3 is 0 Å². The van der Waals surface area contributed by atoms with Gasteiger partial charge in [0.2, 0.25) is 0 Å². The zero-order valence-corrected chi connectivity index (χ0v) is 18.3. The summed E-state index contributed by atoms with van der Waals surface area (Å²) in [6, 6.07) is 22.2. The van der Waals surface area contributed by atoms with Crippen LogP contribution in [0.4, 0.5) is 11.4 Å². The van der Waals surface area contributed by atoms with Gasteiger partial charge in [-0.3, -0.25) is 9.52 Å². The van der Waals surface area contributed by atoms with Crippen LogP contribution < -0.4 is 10.0 Å². The highest BCUT2D eigenvalue weighted by atomic mass is 32.2. The molecule has 0 atom stereocenters. The minimum absolute atomic E-state index is 0.0983. The lowest BCUT2D eigenvalue weighted by Gasteiger charge is -2.09. The van der Waals surface area contributed by atoms with Crippen LogP contribution in [0.5, 0.6) is 0 Å². The number of hydrogen-bond acceptors (Lipinski definition) is 5. The van der Waals surface area contributed by atoms with Crippen molar-refractivity contribution in [3.05, 3.63) is 90.2 Å². The van der Waals surface area contributed by atoms with E-state index in [0.29, 0.717) is 22.7 Å². The molecule has 6 nitrogen and oxygen atoms in total. The molecule has 0 unspecified atom stereocenters. The number of hydrogen-bond donors (Lipinski definition) is 2. The highest BCUT2D eigenvalue weighted by Crippen LogP contribution is 2.29. The summed E-state index contributed by atoms with van der Waals surface area (Å²) in [6.45, 7) is 0. The lowest BCUT2D eigenvalue weighted by molar-refractivity contribution is 0.0998. The number of anilines is 2. The molecule has 0 saturated heterocycles. The predicted octanol–water partition coefficient (Wildman–Crippen LogP) is 5.35. The number of furan rings is 1. The second-order valence-electron chi connectivity index (χ2n) is 6.79. The van der Waals surface area contributed by atoms with Crippen molar-refractivity contribution in [2.45, 2.75) is 10.6 Å². The summed E-state index contributed by atoms with van der Waals surface area (Å²) < 4.78 is 33.4. The number of para-hydroxylation sites is 2. The number of nitrogens with one attached hydrogen (secondary N) is 2. The van der Waals surface area contributed by atoms with Gasteiger partial charge in [-0.25, -0.2) is 8.42 Å². The maximum atomic E-state index is 12.9. The first-order valence-corrected chi connectivity index (χ1v) is 12.3. The van der Waals surface area contributed by atoms with Gasteiger partial charge in [-0.2, -0.15) is 11.8 Å². The van der Waals surface area contributed by atoms with E-state index in [4.69, 9.17) is 4.42 Å². The molecular weight excluding hydrogens is 432 g/mol. The summed E-state index contributed by atoms with van der Waals surface area (Å²) in [5.41, 5.74) is 2.45. The lowest BCUT2D eigenvalue weighted by atomic mass is 10.1. The Balaban J connectivity index is 1.54. The third-order valence-corrected chi connectivity index (χ3v) is 6.62. The van der Waals surface area contributed by atoms with E-state index in [9.17, 15) is 13.2 Å². The van der Waals surface area contributed by atoms with Gasteiger partial charge in [0.1, 0.15) is 5.58 Å². The van der Waals surface area contributed by atoms with E-state index in [1.54, 1.807) is 48.2 Å². The number of amides is 1. The van der Waals surface area contributed by atoms with Crippen molar-refractivity contribution in [3.8, 4) is 0 Å². The fourth-order valence-electron chi connectivity index (χ4n) is 3.20. The van der Waals surface area contributed by atoms with E-state index in [-0.39, 0.29) is 16.6 Å². The first-order chi connectivity index (χ1) is 15.0. The first kappa shape index (κ1) is 21.0. The minimum Gasteiger partial charge on any atom is -0.451 e. The first-order valence-electron chi connectivity index (χ1n) is 9.46. The Morgan fingerprint density at radius 2 is 1.58 bits per heavy atom. The van der Waals surface area contributed by atoms with Crippen LogP contribution in [0.15, 0.2) is 88.2 Å². The molecular formula is C23H20N2O4S2. The average Bonchev–Trinajstić information content (AvgIpc) is 3.14. The third kappa shape index (κ3) is 4.60. The van der Waals surface area contributed by atoms with Gasteiger partial charge in [0.25, 0.3) is 15.9 Å². The Morgan fingerprint density at radius 3 is 2.29 bits per heavy atom. The summed E-state index contributed by atoms with van der Waals surface area (Å²) in [4.78, 5) is 13.0. The van der Waals surface area contributed by atoms with E-state index in [0.717, 1.165) is 10.9 Å². The van der Waals surface area contributed by atoms with Crippen LogP contribution in [0, 0.1) is 0 Å². The van der Waals surface area contributed by atoms with Gasteiger partial charge < -0.3 is 9.73 Å². The molecule has 0 radical (unpaired) electrons. The summed E-state index contributed by atoms with van der Waals surface area (Å²) in [5, 5.41) is 3.70. The van der Waals surface area contributed by atoms with Crippen molar-refractivity contribution < 1.29 is 17.6 Å². The second kappa shape index (κ2) is 8.87. The Labute approximate surface area is 184 Å². The highest BCUT2D eigenvalue weighted by molar-refractivity contribution is 7.97. The zero-order chi connectivity index (χ0) is 21.8. The Kier molecular flexibility index (Phi) is 6.01. The van der Waals surface area contributed by atoms with Crippen LogP contribution in [0.1, 0.15) is 16.1 Å². The van der Waals surface area contributed by atoms with Crippen LogP contribution in [0.25, 0.3) is 11.0 Å². The van der Waals surface area contributed by atoms with E-state index in [2.05, 4.69) is 10.0 Å². The molecule has 0 aliphatic heterocycles. The summed E-state index contributed by atoms with van der Waals surface area (Å²) in [6.07, 6.45) is 1.96. The Bertz CT molecular complexity index is 1310. The van der Waals surface area contributed by atoms with Gasteiger partial charge in [0, 0.05) is 28.1 Å². The van der Waals surface area contributed by atoms with E-state index < -0.39 is 10.0 Å². The number of benzene rings is 3. The molecule has 1 aromatic heterocycles. The van der Waals surface area contributed by atoms with Crippen molar-refractivity contribution in [2.24, 2.45) is 0 Å². The molecule has 0 fully saturated rings. The normalized spacial score (nSPS) is 11.4. The van der Waals surface area contributed by atoms with E-state index >= 15 is 0 Å². The standard InChI is InChI=1S/C23H20N2O4S2/c1-30-15-20-19-9-5-6-10-21(19)29-22(20)23(26)24-16-11-13-18(14-12-16)31(27,28)25-17-7-3-2-4-8-17/h2-14,25H,15H2,1H3,(H,24,26). The van der Waals surface area contributed by atoms with Gasteiger partial charge in [-0.15, -0.1) is 0 Å². The molecule has 158 valence electrons. The molecule has 31 heavy (non-hydrogen) atoms. The highest BCUT2D eigenvalue weighted by Gasteiger charge is 2.20. The average molecular weight is 453 g/mol. The number of rotatable bonds is 7. The third-order valence-electron chi connectivity index (χ3n) is 4.64. The SMILES string of the molecule is CSCc1c(C(=O)Nc2ccc(S(=O)(=O)Nc3ccccc3)cc2)oc2ccccc12. The molecule has 1 heterocycles. The smallest absolute Gasteiger partial charge is 0.291 e. The molecule has 0 saturated carbocycles. The molecule has 0 bridgehead atoms. The van der Waals surface area contributed by atoms with Crippen LogP contribution in [0.2, 0.25) is 0 Å². The molecule has 0 spiro atoms. The number of carbonyl (C=O) groups is 1. The maximum Gasteiger partial charge on any atom is 0.291 e. The van der Waals surface area contributed by atoms with Crippen LogP contribution in [-0.4, -0.2) is 20.6 Å². The monoisotopic (exact) mass is 452 g/mol. The fourth-order valence-corrected chi connectivity index (χ4v) is 4.83. The van der Waals surface area contributed by atoms with Crippen LogP contribution in [-0.2, 0) is 15.8 Å². The summed E-state index contributed by atoms with van der Waals surface area (Å²) >= 11 is 1.60. The Hall–Kier alpha value is -3.23. The van der Waals surface area contributed by atoms with Crippen LogP contribution >= 0.6 is 11.8 Å². The quantitative estimate of drug-likeness (QED) is 0.395. The topological polar surface area (TPSA) is 88.4 Å². The van der Waals surface area contributed by atoms with Crippen molar-refractivity contribution in [2.75, 3.05) is 16.3 Å². The summed E-state index contributed by atoms with van der Waals surface area (Å²) in [5.74, 6) is 0.526. The predicted molar refractivity (Wildman–Crippen MR) is 125 cm³/mol. The van der Waals surface area contributed by atoms with E-state index in [1.165, 1.54) is 12.1 Å². The van der Waals surface area contributed by atoms with Gasteiger partial charge in [0.05, 0.1) is 4.90 Å². The minimum atomic E-state index is -3.73. The van der Waals surface area contributed by atoms with Crippen LogP contribution in [0.3, 0.4) is 0 Å². The molecule has 8 heteroatoms. The fraction of sp³-hybridized carbons (Fsp3) is 0.0870. The van der Waals surface area contributed by atoms with Gasteiger partial charge in [-0.1, -0.05) is 36.4 Å². The number of carbonyl (C=O) groups excluding carboxylic acids is 1. The number of thioether (sulfide) groups is 1. The summed E-state index contributed by atoms with van der Waals surface area (Å²) in [7, 11) is -3.73. The molecule has 4 rings (SSSR count). The molecule has 3 aromatic carbocycles. The van der Waals surface area contributed by atoms with Crippen molar-refractivity contribution in [1.29, 1.82) is 0 Å².